The molecule has 11 rings (SSSR count). The van der Waals surface area contributed by atoms with Crippen LogP contribution in [0.1, 0.15) is 17.2 Å². The summed E-state index contributed by atoms with van der Waals surface area (Å²) < 4.78 is 7.46. The van der Waals surface area contributed by atoms with Gasteiger partial charge in [-0.2, -0.15) is 0 Å². The number of rotatable bonds is 2. The Morgan fingerprint density at radius 3 is 2.04 bits per heavy atom. The van der Waals surface area contributed by atoms with Crippen molar-refractivity contribution >= 4 is 86.8 Å². The molecule has 49 heavy (non-hydrogen) atoms. The molecule has 4 nitrogen and oxygen atoms in total. The van der Waals surface area contributed by atoms with Gasteiger partial charge in [0, 0.05) is 53.0 Å². The Balaban J connectivity index is 1.28. The largest absolute Gasteiger partial charge is 0.344 e. The highest BCUT2D eigenvalue weighted by Crippen LogP contribution is 2.46. The van der Waals surface area contributed by atoms with Crippen LogP contribution in [0.3, 0.4) is 0 Å². The van der Waals surface area contributed by atoms with Crippen LogP contribution in [0.2, 0.25) is 0 Å². The fourth-order valence-corrected chi connectivity index (χ4v) is 9.36. The second-order valence-electron chi connectivity index (χ2n) is 12.8. The molecule has 0 bridgehead atoms. The fourth-order valence-electron chi connectivity index (χ4n) is 8.10. The van der Waals surface area contributed by atoms with Crippen LogP contribution in [0.15, 0.2) is 163 Å². The Labute approximate surface area is 285 Å². The molecular weight excluding hydrogens is 617 g/mol. The van der Waals surface area contributed by atoms with Gasteiger partial charge in [0.1, 0.15) is 0 Å². The van der Waals surface area contributed by atoms with E-state index in [-0.39, 0.29) is 6.04 Å². The smallest absolute Gasteiger partial charge is 0.209 e. The standard InChI is InChI=1S/C44H28N4S/c1-3-13-27(14-4-1)41-31-18-7-10-20-34(31)45-44(46-41)48-35-21-11-8-19-32(35)39-36(48)26-24-33-40-37(47(42(33)39)28-15-5-2-6-16-28)25-23-30-29-17-9-12-22-38(29)49-43(30)40/h1-26,41H,(H,45,46). The summed E-state index contributed by atoms with van der Waals surface area (Å²) >= 11 is 1.90. The number of thiophene rings is 1. The third kappa shape index (κ3) is 3.76. The van der Waals surface area contributed by atoms with Crippen molar-refractivity contribution in [3.63, 3.8) is 0 Å². The number of nitrogens with one attached hydrogen (secondary N) is 1. The molecule has 1 N–H and O–H groups in total. The number of nitrogens with zero attached hydrogens (tertiary/aromatic N) is 3. The molecule has 5 heteroatoms. The van der Waals surface area contributed by atoms with Gasteiger partial charge in [-0.25, -0.2) is 4.99 Å². The van der Waals surface area contributed by atoms with Crippen molar-refractivity contribution in [2.45, 2.75) is 6.04 Å². The van der Waals surface area contributed by atoms with E-state index in [9.17, 15) is 0 Å². The predicted octanol–water partition coefficient (Wildman–Crippen LogP) is 11.5. The second-order valence-corrected chi connectivity index (χ2v) is 13.8. The molecule has 1 atom stereocenters. The van der Waals surface area contributed by atoms with E-state index in [2.05, 4.69) is 172 Å². The molecule has 230 valence electrons. The van der Waals surface area contributed by atoms with Crippen molar-refractivity contribution in [1.82, 2.24) is 14.5 Å². The van der Waals surface area contributed by atoms with Gasteiger partial charge in [0.2, 0.25) is 5.96 Å². The molecule has 0 saturated heterocycles. The highest BCUT2D eigenvalue weighted by molar-refractivity contribution is 7.26. The van der Waals surface area contributed by atoms with E-state index in [1.54, 1.807) is 0 Å². The van der Waals surface area contributed by atoms with Crippen LogP contribution in [0, 0.1) is 0 Å². The first-order valence-electron chi connectivity index (χ1n) is 16.7. The van der Waals surface area contributed by atoms with E-state index in [1.165, 1.54) is 63.9 Å². The molecular formula is C44H28N4S. The maximum absolute atomic E-state index is 5.30. The number of aromatic nitrogens is 2. The molecule has 7 aromatic carbocycles. The Morgan fingerprint density at radius 2 is 1.18 bits per heavy atom. The number of hydrogen-bond acceptors (Lipinski definition) is 3. The van der Waals surface area contributed by atoms with Crippen LogP contribution < -0.4 is 5.32 Å². The number of benzene rings is 7. The van der Waals surface area contributed by atoms with Crippen molar-refractivity contribution in [3.05, 3.63) is 169 Å². The minimum atomic E-state index is -0.0261. The van der Waals surface area contributed by atoms with Crippen molar-refractivity contribution < 1.29 is 0 Å². The Kier molecular flexibility index (Phi) is 5.57. The summed E-state index contributed by atoms with van der Waals surface area (Å²) in [4.78, 5) is 5.30. The molecule has 0 amide bonds. The third-order valence-corrected chi connectivity index (χ3v) is 11.4. The summed E-state index contributed by atoms with van der Waals surface area (Å²) in [6.07, 6.45) is 0. The lowest BCUT2D eigenvalue weighted by Crippen LogP contribution is -2.36. The lowest BCUT2D eigenvalue weighted by Gasteiger charge is -2.28. The molecule has 4 heterocycles. The van der Waals surface area contributed by atoms with E-state index in [0.717, 1.165) is 28.4 Å². The molecule has 10 aromatic rings. The molecule has 0 aliphatic carbocycles. The van der Waals surface area contributed by atoms with Crippen molar-refractivity contribution in [2.24, 2.45) is 4.99 Å². The van der Waals surface area contributed by atoms with E-state index < -0.39 is 0 Å². The van der Waals surface area contributed by atoms with Crippen molar-refractivity contribution in [1.29, 1.82) is 0 Å². The maximum atomic E-state index is 5.30. The lowest BCUT2D eigenvalue weighted by molar-refractivity contribution is 0.731. The summed E-state index contributed by atoms with van der Waals surface area (Å²) in [5.41, 5.74) is 9.21. The van der Waals surface area contributed by atoms with E-state index >= 15 is 0 Å². The summed E-state index contributed by atoms with van der Waals surface area (Å²) in [6, 6.07) is 56.8. The van der Waals surface area contributed by atoms with Crippen molar-refractivity contribution in [2.75, 3.05) is 0 Å². The second kappa shape index (κ2) is 10.2. The molecule has 0 saturated carbocycles. The monoisotopic (exact) mass is 644 g/mol. The first kappa shape index (κ1) is 26.9. The number of hydrogen-bond donors (Lipinski definition) is 1. The van der Waals surface area contributed by atoms with Gasteiger partial charge in [-0.3, -0.25) is 4.57 Å². The topological polar surface area (TPSA) is 34.2 Å². The molecule has 0 fully saturated rings. The Morgan fingerprint density at radius 1 is 0.510 bits per heavy atom. The normalized spacial score (nSPS) is 14.6. The van der Waals surface area contributed by atoms with Crippen LogP contribution >= 0.6 is 11.3 Å². The van der Waals surface area contributed by atoms with E-state index in [0.29, 0.717) is 0 Å². The average Bonchev–Trinajstić information content (AvgIpc) is 3.82. The molecule has 0 spiro atoms. The highest BCUT2D eigenvalue weighted by atomic mass is 32.1. The van der Waals surface area contributed by atoms with Crippen LogP contribution in [0.5, 0.6) is 0 Å². The molecule has 1 aliphatic heterocycles. The Hall–Kier alpha value is -6.17. The van der Waals surface area contributed by atoms with E-state index in [4.69, 9.17) is 4.99 Å². The van der Waals surface area contributed by atoms with Gasteiger partial charge in [-0.05, 0) is 48.0 Å². The quantitative estimate of drug-likeness (QED) is 0.200. The average molecular weight is 645 g/mol. The zero-order valence-electron chi connectivity index (χ0n) is 26.3. The van der Waals surface area contributed by atoms with Crippen LogP contribution in [-0.2, 0) is 0 Å². The van der Waals surface area contributed by atoms with Gasteiger partial charge in [0.15, 0.2) is 0 Å². The summed E-state index contributed by atoms with van der Waals surface area (Å²) in [5, 5.41) is 11.5. The molecule has 1 unspecified atom stereocenters. The fraction of sp³-hybridized carbons (Fsp3) is 0.0227. The number of fused-ring (bicyclic) bond motifs is 12. The van der Waals surface area contributed by atoms with Gasteiger partial charge < -0.3 is 9.88 Å². The zero-order valence-corrected chi connectivity index (χ0v) is 27.2. The summed E-state index contributed by atoms with van der Waals surface area (Å²) in [5.74, 6) is 0.826. The first-order valence-corrected chi connectivity index (χ1v) is 17.5. The van der Waals surface area contributed by atoms with Crippen LogP contribution in [-0.4, -0.2) is 15.1 Å². The van der Waals surface area contributed by atoms with Gasteiger partial charge >= 0.3 is 0 Å². The molecule has 0 radical (unpaired) electrons. The van der Waals surface area contributed by atoms with Crippen LogP contribution in [0.25, 0.3) is 69.5 Å². The van der Waals surface area contributed by atoms with Gasteiger partial charge in [0.05, 0.1) is 33.8 Å². The molecule has 3 aromatic heterocycles. The highest BCUT2D eigenvalue weighted by Gasteiger charge is 2.28. The minimum Gasteiger partial charge on any atom is -0.344 e. The maximum Gasteiger partial charge on any atom is 0.209 e. The number of para-hydroxylation sites is 3. The minimum absolute atomic E-state index is 0.0261. The van der Waals surface area contributed by atoms with Gasteiger partial charge in [0.25, 0.3) is 0 Å². The van der Waals surface area contributed by atoms with E-state index in [1.807, 2.05) is 11.3 Å². The molecule has 1 aliphatic rings. The Bertz CT molecular complexity index is 2960. The van der Waals surface area contributed by atoms with Gasteiger partial charge in [-0.1, -0.05) is 115 Å². The SMILES string of the molecule is c1ccc(C2NC(n3c4ccccc4c4c3ccc3c5c6sc7ccccc7c6ccc5n(-c5ccccc5)c34)=Nc3ccccc32)cc1. The number of aliphatic imine (C=N–C) groups is 1. The van der Waals surface area contributed by atoms with Gasteiger partial charge in [-0.15, -0.1) is 11.3 Å². The lowest BCUT2D eigenvalue weighted by atomic mass is 9.96. The summed E-state index contributed by atoms with van der Waals surface area (Å²) in [6.45, 7) is 0. The van der Waals surface area contributed by atoms with Crippen molar-refractivity contribution in [3.8, 4) is 5.69 Å². The third-order valence-electron chi connectivity index (χ3n) is 10.2. The first-order chi connectivity index (χ1) is 24.3. The zero-order chi connectivity index (χ0) is 32.1. The predicted molar refractivity (Wildman–Crippen MR) is 207 cm³/mol. The summed E-state index contributed by atoms with van der Waals surface area (Å²) in [7, 11) is 0. The van der Waals surface area contributed by atoms with Crippen LogP contribution in [0.4, 0.5) is 5.69 Å².